The number of halogens is 1. The quantitative estimate of drug-likeness (QED) is 0.744. The Bertz CT molecular complexity index is 343. The van der Waals surface area contributed by atoms with Gasteiger partial charge in [-0.2, -0.15) is 0 Å². The van der Waals surface area contributed by atoms with Crippen LogP contribution in [0.4, 0.5) is 4.79 Å². The van der Waals surface area contributed by atoms with Crippen molar-refractivity contribution in [3.63, 3.8) is 0 Å². The van der Waals surface area contributed by atoms with Gasteiger partial charge in [-0.05, 0) is 11.6 Å². The topological polar surface area (TPSA) is 51.2 Å². The standard InChI is InChI=1S/C8H7ClN2O2/c9-6-3-10-2-1-5(6)7-4-13-8(12)11-7/h1-3,7H,4H2,(H,11,12)/t7-/m1/s1. The number of ether oxygens (including phenoxy) is 1. The van der Waals surface area contributed by atoms with Crippen LogP contribution >= 0.6 is 11.6 Å². The van der Waals surface area contributed by atoms with Gasteiger partial charge in [0.1, 0.15) is 6.61 Å². The van der Waals surface area contributed by atoms with Gasteiger partial charge in [0.2, 0.25) is 0 Å². The summed E-state index contributed by atoms with van der Waals surface area (Å²) in [6.07, 6.45) is 2.77. The van der Waals surface area contributed by atoms with Crippen molar-refractivity contribution in [1.82, 2.24) is 10.3 Å². The van der Waals surface area contributed by atoms with Gasteiger partial charge in [-0.1, -0.05) is 11.6 Å². The molecular weight excluding hydrogens is 192 g/mol. The molecule has 1 saturated heterocycles. The van der Waals surface area contributed by atoms with Crippen LogP contribution in [0.5, 0.6) is 0 Å². The fourth-order valence-corrected chi connectivity index (χ4v) is 1.47. The van der Waals surface area contributed by atoms with Gasteiger partial charge in [0, 0.05) is 12.4 Å². The molecule has 2 heterocycles. The summed E-state index contributed by atoms with van der Waals surface area (Å²) in [5.74, 6) is 0. The van der Waals surface area contributed by atoms with Crippen LogP contribution in [0, 0.1) is 0 Å². The zero-order valence-corrected chi connectivity index (χ0v) is 7.41. The molecule has 1 fully saturated rings. The van der Waals surface area contributed by atoms with Crippen LogP contribution in [-0.2, 0) is 4.74 Å². The second-order valence-corrected chi connectivity index (χ2v) is 3.10. The van der Waals surface area contributed by atoms with Gasteiger partial charge < -0.3 is 10.1 Å². The Balaban J connectivity index is 2.26. The zero-order chi connectivity index (χ0) is 9.26. The molecule has 2 rings (SSSR count). The summed E-state index contributed by atoms with van der Waals surface area (Å²) in [4.78, 5) is 14.6. The third-order valence-corrected chi connectivity index (χ3v) is 2.17. The fourth-order valence-electron chi connectivity index (χ4n) is 1.22. The third kappa shape index (κ3) is 1.58. The number of rotatable bonds is 1. The zero-order valence-electron chi connectivity index (χ0n) is 6.66. The molecule has 13 heavy (non-hydrogen) atoms. The molecule has 0 spiro atoms. The van der Waals surface area contributed by atoms with E-state index in [4.69, 9.17) is 16.3 Å². The smallest absolute Gasteiger partial charge is 0.407 e. The van der Waals surface area contributed by atoms with Gasteiger partial charge in [-0.15, -0.1) is 0 Å². The summed E-state index contributed by atoms with van der Waals surface area (Å²) in [6, 6.07) is 1.62. The number of carbonyl (C=O) groups is 1. The van der Waals surface area contributed by atoms with Gasteiger partial charge >= 0.3 is 6.09 Å². The molecule has 0 unspecified atom stereocenters. The van der Waals surface area contributed by atoms with Crippen LogP contribution in [-0.4, -0.2) is 17.7 Å². The molecular formula is C8H7ClN2O2. The van der Waals surface area contributed by atoms with E-state index in [-0.39, 0.29) is 6.04 Å². The van der Waals surface area contributed by atoms with E-state index in [1.165, 1.54) is 0 Å². The van der Waals surface area contributed by atoms with Gasteiger partial charge in [-0.3, -0.25) is 4.98 Å². The second kappa shape index (κ2) is 3.22. The molecule has 1 amide bonds. The summed E-state index contributed by atoms with van der Waals surface area (Å²) in [5, 5.41) is 3.18. The molecule has 1 aliphatic heterocycles. The van der Waals surface area contributed by atoms with Gasteiger partial charge in [0.25, 0.3) is 0 Å². The van der Waals surface area contributed by atoms with Crippen LogP contribution in [0.3, 0.4) is 0 Å². The van der Waals surface area contributed by atoms with Crippen molar-refractivity contribution in [2.24, 2.45) is 0 Å². The van der Waals surface area contributed by atoms with Crippen molar-refractivity contribution in [1.29, 1.82) is 0 Å². The molecule has 0 aromatic carbocycles. The highest BCUT2D eigenvalue weighted by molar-refractivity contribution is 6.31. The molecule has 0 saturated carbocycles. The van der Waals surface area contributed by atoms with Gasteiger partial charge in [0.05, 0.1) is 11.1 Å². The first kappa shape index (κ1) is 8.31. The molecule has 1 aliphatic rings. The summed E-state index contributed by atoms with van der Waals surface area (Å²) in [7, 11) is 0. The Morgan fingerprint density at radius 1 is 1.69 bits per heavy atom. The number of aromatic nitrogens is 1. The number of hydrogen-bond donors (Lipinski definition) is 1. The average Bonchev–Trinajstić information content (AvgIpc) is 2.53. The van der Waals surface area contributed by atoms with Crippen molar-refractivity contribution < 1.29 is 9.53 Å². The molecule has 1 aromatic rings. The number of pyridine rings is 1. The SMILES string of the molecule is O=C1N[C@@H](c2ccncc2Cl)CO1. The molecule has 1 aromatic heterocycles. The number of cyclic esters (lactones) is 1. The maximum atomic E-state index is 10.7. The Morgan fingerprint density at radius 2 is 2.54 bits per heavy atom. The maximum absolute atomic E-state index is 10.7. The lowest BCUT2D eigenvalue weighted by atomic mass is 10.1. The monoisotopic (exact) mass is 198 g/mol. The highest BCUT2D eigenvalue weighted by atomic mass is 35.5. The van der Waals surface area contributed by atoms with E-state index in [0.29, 0.717) is 11.6 Å². The van der Waals surface area contributed by atoms with E-state index in [1.807, 2.05) is 0 Å². The van der Waals surface area contributed by atoms with Crippen LogP contribution in [0.15, 0.2) is 18.5 Å². The van der Waals surface area contributed by atoms with Crippen LogP contribution in [0.1, 0.15) is 11.6 Å². The Kier molecular flexibility index (Phi) is 2.06. The number of nitrogens with zero attached hydrogens (tertiary/aromatic N) is 1. The Labute approximate surface area is 79.9 Å². The molecule has 0 bridgehead atoms. The van der Waals surface area contributed by atoms with Crippen molar-refractivity contribution >= 4 is 17.7 Å². The van der Waals surface area contributed by atoms with E-state index in [1.54, 1.807) is 18.5 Å². The Hall–Kier alpha value is -1.29. The summed E-state index contributed by atoms with van der Waals surface area (Å²) >= 11 is 5.88. The maximum Gasteiger partial charge on any atom is 0.407 e. The molecule has 68 valence electrons. The fraction of sp³-hybridized carbons (Fsp3) is 0.250. The largest absolute Gasteiger partial charge is 0.447 e. The average molecular weight is 199 g/mol. The predicted molar refractivity (Wildman–Crippen MR) is 46.5 cm³/mol. The van der Waals surface area contributed by atoms with Crippen LogP contribution in [0.25, 0.3) is 0 Å². The van der Waals surface area contributed by atoms with Crippen molar-refractivity contribution in [3.05, 3.63) is 29.0 Å². The van der Waals surface area contributed by atoms with Crippen LogP contribution in [0.2, 0.25) is 5.02 Å². The summed E-state index contributed by atoms with van der Waals surface area (Å²) in [5.41, 5.74) is 0.836. The first-order valence-corrected chi connectivity index (χ1v) is 4.18. The lowest BCUT2D eigenvalue weighted by Gasteiger charge is -2.08. The lowest BCUT2D eigenvalue weighted by Crippen LogP contribution is -2.18. The molecule has 1 N–H and O–H groups in total. The van der Waals surface area contributed by atoms with E-state index >= 15 is 0 Å². The van der Waals surface area contributed by atoms with E-state index in [9.17, 15) is 4.79 Å². The van der Waals surface area contributed by atoms with Crippen molar-refractivity contribution in [2.75, 3.05) is 6.61 Å². The third-order valence-electron chi connectivity index (χ3n) is 1.85. The summed E-state index contributed by atoms with van der Waals surface area (Å²) < 4.78 is 4.75. The number of nitrogens with one attached hydrogen (secondary N) is 1. The summed E-state index contributed by atoms with van der Waals surface area (Å²) in [6.45, 7) is 0.322. The number of hydrogen-bond acceptors (Lipinski definition) is 3. The molecule has 5 heteroatoms. The van der Waals surface area contributed by atoms with Gasteiger partial charge in [0.15, 0.2) is 0 Å². The van der Waals surface area contributed by atoms with E-state index < -0.39 is 6.09 Å². The predicted octanol–water partition coefficient (Wildman–Crippen LogP) is 1.52. The Morgan fingerprint density at radius 3 is 3.15 bits per heavy atom. The molecule has 4 nitrogen and oxygen atoms in total. The number of amides is 1. The van der Waals surface area contributed by atoms with Crippen molar-refractivity contribution in [3.8, 4) is 0 Å². The first-order valence-electron chi connectivity index (χ1n) is 3.80. The highest BCUT2D eigenvalue weighted by Gasteiger charge is 2.25. The van der Waals surface area contributed by atoms with E-state index in [0.717, 1.165) is 5.56 Å². The number of carbonyl (C=O) groups excluding carboxylic acids is 1. The minimum atomic E-state index is -0.405. The highest BCUT2D eigenvalue weighted by Crippen LogP contribution is 2.24. The molecule has 0 radical (unpaired) electrons. The lowest BCUT2D eigenvalue weighted by molar-refractivity contribution is 0.177. The minimum absolute atomic E-state index is 0.150. The van der Waals surface area contributed by atoms with E-state index in [2.05, 4.69) is 10.3 Å². The second-order valence-electron chi connectivity index (χ2n) is 2.69. The van der Waals surface area contributed by atoms with Gasteiger partial charge in [-0.25, -0.2) is 4.79 Å². The first-order chi connectivity index (χ1) is 6.27. The number of alkyl carbamates (subject to hydrolysis) is 1. The molecule has 0 aliphatic carbocycles. The van der Waals surface area contributed by atoms with Crippen LogP contribution < -0.4 is 5.32 Å². The molecule has 1 atom stereocenters. The minimum Gasteiger partial charge on any atom is -0.447 e. The normalized spacial score (nSPS) is 21.0. The van der Waals surface area contributed by atoms with Crippen molar-refractivity contribution in [2.45, 2.75) is 6.04 Å².